The fourth-order valence-electron chi connectivity index (χ4n) is 14.0. The van der Waals surface area contributed by atoms with E-state index in [1.54, 1.807) is 5.56 Å². The zero-order valence-electron chi connectivity index (χ0n) is 30.6. The zero-order chi connectivity index (χ0) is 34.7. The standard InChI is InChI=1S/C48H42N4/c1-45(2)24-46(3,4)40-37-29-13-9-11-27-31-21-34-32(20-33(31)51(42(27)29)35(37)19-26(22-49)39(40)45)28-12-10-14-30-38-36(52(34)43(28)30)23-50-44-41(38)47(15-5-6-16-47)25-48(44)17-7-8-18-48/h9-14,19-21,23H,5-8,15-18,24-25H2,1-4H3. The van der Waals surface area contributed by atoms with Gasteiger partial charge in [0.1, 0.15) is 0 Å². The molecule has 4 aliphatic carbocycles. The van der Waals surface area contributed by atoms with Gasteiger partial charge in [0.05, 0.1) is 56.6 Å². The fourth-order valence-corrected chi connectivity index (χ4v) is 14.0. The molecule has 4 aromatic carbocycles. The number of aromatic nitrogens is 3. The summed E-state index contributed by atoms with van der Waals surface area (Å²) in [6, 6.07) is 23.8. The third-order valence-electron chi connectivity index (χ3n) is 15.3. The largest absolute Gasteiger partial charge is 0.308 e. The van der Waals surface area contributed by atoms with Gasteiger partial charge in [-0.1, -0.05) is 89.8 Å². The first-order valence-electron chi connectivity index (χ1n) is 19.9. The van der Waals surface area contributed by atoms with Crippen molar-refractivity contribution in [2.75, 3.05) is 0 Å². The summed E-state index contributed by atoms with van der Waals surface area (Å²) in [5.41, 5.74) is 14.7. The summed E-state index contributed by atoms with van der Waals surface area (Å²) in [4.78, 5) is 5.52. The molecule has 13 rings (SSSR count). The second kappa shape index (κ2) is 8.66. The average Bonchev–Trinajstić information content (AvgIpc) is 4.00. The molecule has 4 heteroatoms. The van der Waals surface area contributed by atoms with Crippen molar-refractivity contribution in [2.24, 2.45) is 0 Å². The van der Waals surface area contributed by atoms with Crippen LogP contribution in [0.4, 0.5) is 0 Å². The molecule has 0 aliphatic heterocycles. The Morgan fingerprint density at radius 1 is 0.577 bits per heavy atom. The molecule has 0 saturated heterocycles. The van der Waals surface area contributed by atoms with Crippen LogP contribution in [-0.4, -0.2) is 13.8 Å². The molecule has 4 nitrogen and oxygen atoms in total. The molecule has 5 heterocycles. The molecule has 4 aliphatic rings. The minimum absolute atomic E-state index is 0.0258. The van der Waals surface area contributed by atoms with E-state index in [4.69, 9.17) is 4.98 Å². The second-order valence-corrected chi connectivity index (χ2v) is 19.0. The predicted molar refractivity (Wildman–Crippen MR) is 214 cm³/mol. The summed E-state index contributed by atoms with van der Waals surface area (Å²) in [5.74, 6) is 0. The molecule has 0 atom stereocenters. The van der Waals surface area contributed by atoms with Crippen molar-refractivity contribution < 1.29 is 0 Å². The van der Waals surface area contributed by atoms with Crippen molar-refractivity contribution >= 4 is 76.2 Å². The Kier molecular flexibility index (Phi) is 4.78. The van der Waals surface area contributed by atoms with E-state index in [2.05, 4.69) is 103 Å². The number of para-hydroxylation sites is 2. The van der Waals surface area contributed by atoms with E-state index in [-0.39, 0.29) is 21.7 Å². The lowest BCUT2D eigenvalue weighted by molar-refractivity contribution is 0.321. The van der Waals surface area contributed by atoms with Crippen molar-refractivity contribution in [3.63, 3.8) is 0 Å². The molecule has 0 radical (unpaired) electrons. The lowest BCUT2D eigenvalue weighted by Crippen LogP contribution is -2.24. The maximum absolute atomic E-state index is 10.6. The maximum atomic E-state index is 10.6. The molecule has 0 unspecified atom stereocenters. The van der Waals surface area contributed by atoms with Crippen molar-refractivity contribution in [1.29, 1.82) is 5.26 Å². The number of pyridine rings is 1. The number of nitrogens with zero attached hydrogens (tertiary/aromatic N) is 4. The van der Waals surface area contributed by atoms with E-state index in [1.165, 1.54) is 151 Å². The molecule has 2 fully saturated rings. The van der Waals surface area contributed by atoms with E-state index >= 15 is 0 Å². The summed E-state index contributed by atoms with van der Waals surface area (Å²) in [7, 11) is 0. The lowest BCUT2D eigenvalue weighted by atomic mass is 9.74. The monoisotopic (exact) mass is 674 g/mol. The van der Waals surface area contributed by atoms with Crippen LogP contribution in [0.5, 0.6) is 0 Å². The van der Waals surface area contributed by atoms with Crippen molar-refractivity contribution in [3.05, 3.63) is 88.7 Å². The minimum atomic E-state index is -0.0496. The van der Waals surface area contributed by atoms with Crippen LogP contribution in [0, 0.1) is 11.3 Å². The van der Waals surface area contributed by atoms with Gasteiger partial charge in [-0.3, -0.25) is 4.98 Å². The van der Waals surface area contributed by atoms with E-state index in [1.807, 2.05) is 0 Å². The van der Waals surface area contributed by atoms with Crippen LogP contribution in [0.25, 0.3) is 76.2 Å². The van der Waals surface area contributed by atoms with Gasteiger partial charge < -0.3 is 8.80 Å². The zero-order valence-corrected chi connectivity index (χ0v) is 30.6. The fraction of sp³-hybridized carbons (Fsp3) is 0.375. The molecular formula is C48H42N4. The Morgan fingerprint density at radius 2 is 1.12 bits per heavy atom. The quantitative estimate of drug-likeness (QED) is 0.161. The van der Waals surface area contributed by atoms with E-state index < -0.39 is 0 Å². The van der Waals surface area contributed by atoms with E-state index in [9.17, 15) is 5.26 Å². The first-order valence-corrected chi connectivity index (χ1v) is 19.9. The van der Waals surface area contributed by atoms with Crippen LogP contribution < -0.4 is 0 Å². The highest BCUT2D eigenvalue weighted by molar-refractivity contribution is 6.29. The SMILES string of the molecule is CC1(C)CC(C)(C)c2c1c(C#N)cc1c2c2cccc3c4cc5c(cc4n1c32)c1cccc2c3c4c(ncc3n5c12)C1(CCCC1)CC41CCCC1. The van der Waals surface area contributed by atoms with Crippen LogP contribution in [-0.2, 0) is 21.7 Å². The number of rotatable bonds is 0. The predicted octanol–water partition coefficient (Wildman–Crippen LogP) is 12.2. The van der Waals surface area contributed by atoms with Crippen molar-refractivity contribution in [2.45, 2.75) is 114 Å². The molecule has 0 N–H and O–H groups in total. The Hall–Kier alpha value is -4.88. The van der Waals surface area contributed by atoms with Gasteiger partial charge in [0, 0.05) is 48.5 Å². The minimum Gasteiger partial charge on any atom is -0.308 e. The van der Waals surface area contributed by atoms with Gasteiger partial charge >= 0.3 is 0 Å². The summed E-state index contributed by atoms with van der Waals surface area (Å²) in [5, 5.41) is 21.4. The molecule has 52 heavy (non-hydrogen) atoms. The van der Waals surface area contributed by atoms with Gasteiger partial charge in [-0.2, -0.15) is 5.26 Å². The summed E-state index contributed by atoms with van der Waals surface area (Å²) < 4.78 is 5.09. The summed E-state index contributed by atoms with van der Waals surface area (Å²) >= 11 is 0. The van der Waals surface area contributed by atoms with E-state index in [0.717, 1.165) is 12.0 Å². The van der Waals surface area contributed by atoms with Crippen LogP contribution in [0.1, 0.15) is 120 Å². The molecule has 9 aromatic rings. The average molecular weight is 675 g/mol. The van der Waals surface area contributed by atoms with Crippen molar-refractivity contribution in [3.8, 4) is 6.07 Å². The third-order valence-corrected chi connectivity index (χ3v) is 15.3. The Morgan fingerprint density at radius 3 is 1.73 bits per heavy atom. The van der Waals surface area contributed by atoms with Gasteiger partial charge in [0.25, 0.3) is 0 Å². The van der Waals surface area contributed by atoms with Gasteiger partial charge in [0.15, 0.2) is 0 Å². The van der Waals surface area contributed by atoms with E-state index in [0.29, 0.717) is 0 Å². The third kappa shape index (κ3) is 2.96. The first kappa shape index (κ1) is 28.7. The van der Waals surface area contributed by atoms with Gasteiger partial charge in [-0.05, 0) is 89.7 Å². The van der Waals surface area contributed by atoms with Crippen LogP contribution in [0.15, 0.2) is 60.8 Å². The number of nitriles is 1. The van der Waals surface area contributed by atoms with Crippen molar-refractivity contribution in [1.82, 2.24) is 13.8 Å². The maximum Gasteiger partial charge on any atom is 0.0995 e. The smallest absolute Gasteiger partial charge is 0.0995 e. The topological polar surface area (TPSA) is 45.5 Å². The summed E-state index contributed by atoms with van der Waals surface area (Å²) in [6.45, 7) is 9.41. The van der Waals surface area contributed by atoms with Gasteiger partial charge in [0.2, 0.25) is 0 Å². The number of fused-ring (bicyclic) bond motifs is 18. The van der Waals surface area contributed by atoms with Crippen LogP contribution in [0.3, 0.4) is 0 Å². The molecule has 254 valence electrons. The Bertz CT molecular complexity index is 3140. The van der Waals surface area contributed by atoms with Gasteiger partial charge in [-0.25, -0.2) is 0 Å². The molecule has 5 aromatic heterocycles. The Labute approximate surface area is 302 Å². The second-order valence-electron chi connectivity index (χ2n) is 19.0. The number of hydrogen-bond donors (Lipinski definition) is 0. The molecular weight excluding hydrogens is 633 g/mol. The van der Waals surface area contributed by atoms with Gasteiger partial charge in [-0.15, -0.1) is 0 Å². The van der Waals surface area contributed by atoms with Crippen LogP contribution in [0.2, 0.25) is 0 Å². The first-order chi connectivity index (χ1) is 25.2. The lowest BCUT2D eigenvalue weighted by Gasteiger charge is -2.28. The number of hydrogen-bond acceptors (Lipinski definition) is 2. The normalized spacial score (nSPS) is 21.3. The highest BCUT2D eigenvalue weighted by Crippen LogP contribution is 2.64. The molecule has 0 amide bonds. The molecule has 2 spiro atoms. The highest BCUT2D eigenvalue weighted by Gasteiger charge is 2.56. The number of benzene rings is 4. The van der Waals surface area contributed by atoms with Crippen LogP contribution >= 0.6 is 0 Å². The summed E-state index contributed by atoms with van der Waals surface area (Å²) in [6.07, 6.45) is 15.3. The molecule has 2 saturated carbocycles. The Balaban J connectivity index is 1.18. The highest BCUT2D eigenvalue weighted by atomic mass is 15.0. The molecule has 0 bridgehead atoms.